The van der Waals surface area contributed by atoms with Crippen LogP contribution in [0.3, 0.4) is 0 Å². The van der Waals surface area contributed by atoms with Crippen molar-refractivity contribution in [3.8, 4) is 0 Å². The van der Waals surface area contributed by atoms with Crippen molar-refractivity contribution in [1.29, 1.82) is 0 Å². The topological polar surface area (TPSA) is 32.3 Å². The average molecular weight is 311 g/mol. The molecule has 3 nitrogen and oxygen atoms in total. The molecule has 0 saturated carbocycles. The fourth-order valence-corrected chi connectivity index (χ4v) is 2.58. The van der Waals surface area contributed by atoms with Crippen LogP contribution >= 0.6 is 11.6 Å². The number of hydrogen-bond acceptors (Lipinski definition) is 2. The Labute approximate surface area is 129 Å². The Morgan fingerprint density at radius 1 is 1.33 bits per heavy atom. The van der Waals surface area contributed by atoms with Crippen LogP contribution < -0.4 is 5.32 Å². The summed E-state index contributed by atoms with van der Waals surface area (Å²) in [5.74, 6) is -0.100. The standard InChI is InChI=1S/C16H20ClFN2O/c17-8-1-9-20-10-6-14(7-11-20)16(21)19-12-13-2-4-15(18)5-3-13/h1-5,8,14H,6-7,9-12H2,(H,19,21)/b8-1+. The lowest BCUT2D eigenvalue weighted by Gasteiger charge is -2.30. The molecule has 1 aliphatic rings. The minimum absolute atomic E-state index is 0.0710. The van der Waals surface area contributed by atoms with Crippen LogP contribution in [0.4, 0.5) is 4.39 Å². The first-order chi connectivity index (χ1) is 10.2. The number of halogens is 2. The van der Waals surface area contributed by atoms with Crippen LogP contribution in [0.25, 0.3) is 0 Å². The van der Waals surface area contributed by atoms with Crippen LogP contribution in [-0.2, 0) is 11.3 Å². The van der Waals surface area contributed by atoms with Gasteiger partial charge in [-0.25, -0.2) is 4.39 Å². The molecule has 1 fully saturated rings. The molecule has 2 rings (SSSR count). The number of rotatable bonds is 5. The lowest BCUT2D eigenvalue weighted by atomic mass is 9.96. The largest absolute Gasteiger partial charge is 0.352 e. The van der Waals surface area contributed by atoms with E-state index in [1.54, 1.807) is 12.1 Å². The minimum Gasteiger partial charge on any atom is -0.352 e. The van der Waals surface area contributed by atoms with Crippen LogP contribution in [-0.4, -0.2) is 30.4 Å². The average Bonchev–Trinajstić information content (AvgIpc) is 2.52. The van der Waals surface area contributed by atoms with Gasteiger partial charge in [-0.15, -0.1) is 0 Å². The molecule has 0 aromatic heterocycles. The number of nitrogens with zero attached hydrogens (tertiary/aromatic N) is 1. The summed E-state index contributed by atoms with van der Waals surface area (Å²) in [6.45, 7) is 3.12. The second-order valence-corrected chi connectivity index (χ2v) is 5.53. The van der Waals surface area contributed by atoms with Crippen molar-refractivity contribution in [1.82, 2.24) is 10.2 Å². The predicted molar refractivity (Wildman–Crippen MR) is 82.4 cm³/mol. The SMILES string of the molecule is O=C(NCc1ccc(F)cc1)C1CCN(C/C=C/Cl)CC1. The predicted octanol–water partition coefficient (Wildman–Crippen LogP) is 2.91. The lowest BCUT2D eigenvalue weighted by Crippen LogP contribution is -2.40. The van der Waals surface area contributed by atoms with Gasteiger partial charge in [0.1, 0.15) is 5.82 Å². The third-order valence-electron chi connectivity index (χ3n) is 3.79. The monoisotopic (exact) mass is 310 g/mol. The van der Waals surface area contributed by atoms with Crippen LogP contribution in [0.1, 0.15) is 18.4 Å². The summed E-state index contributed by atoms with van der Waals surface area (Å²) in [4.78, 5) is 14.4. The van der Waals surface area contributed by atoms with E-state index in [0.717, 1.165) is 38.0 Å². The summed E-state index contributed by atoms with van der Waals surface area (Å²) in [5, 5.41) is 2.93. The van der Waals surface area contributed by atoms with Crippen molar-refractivity contribution in [2.24, 2.45) is 5.92 Å². The van der Waals surface area contributed by atoms with Crippen LogP contribution in [0, 0.1) is 11.7 Å². The van der Waals surface area contributed by atoms with Gasteiger partial charge in [0.2, 0.25) is 5.91 Å². The van der Waals surface area contributed by atoms with Gasteiger partial charge in [0.05, 0.1) is 0 Å². The fraction of sp³-hybridized carbons (Fsp3) is 0.438. The summed E-state index contributed by atoms with van der Waals surface area (Å²) in [7, 11) is 0. The Balaban J connectivity index is 1.73. The van der Waals surface area contributed by atoms with Crippen molar-refractivity contribution in [3.05, 3.63) is 47.3 Å². The van der Waals surface area contributed by atoms with Crippen LogP contribution in [0.2, 0.25) is 0 Å². The molecule has 0 atom stereocenters. The second-order valence-electron chi connectivity index (χ2n) is 5.28. The number of piperidine rings is 1. The minimum atomic E-state index is -0.261. The van der Waals surface area contributed by atoms with E-state index in [0.29, 0.717) is 6.54 Å². The van der Waals surface area contributed by atoms with Crippen LogP contribution in [0.5, 0.6) is 0 Å². The third-order valence-corrected chi connectivity index (χ3v) is 3.97. The van der Waals surface area contributed by atoms with E-state index in [4.69, 9.17) is 11.6 Å². The Hall–Kier alpha value is -1.39. The smallest absolute Gasteiger partial charge is 0.223 e. The van der Waals surface area contributed by atoms with E-state index in [-0.39, 0.29) is 17.6 Å². The van der Waals surface area contributed by atoms with Gasteiger partial charge in [-0.3, -0.25) is 9.69 Å². The normalized spacial score (nSPS) is 17.2. The number of nitrogens with one attached hydrogen (secondary N) is 1. The number of benzene rings is 1. The number of amides is 1. The maximum atomic E-state index is 12.8. The van der Waals surface area contributed by atoms with Gasteiger partial charge in [-0.05, 0) is 43.6 Å². The molecule has 1 aliphatic heterocycles. The Kier molecular flexibility index (Phi) is 6.21. The fourth-order valence-electron chi connectivity index (χ4n) is 2.50. The molecular formula is C16H20ClFN2O. The van der Waals surface area contributed by atoms with Crippen molar-refractivity contribution < 1.29 is 9.18 Å². The Morgan fingerprint density at radius 3 is 2.62 bits per heavy atom. The Bertz CT molecular complexity index is 482. The molecule has 1 heterocycles. The zero-order valence-electron chi connectivity index (χ0n) is 11.9. The molecule has 1 aromatic carbocycles. The molecule has 1 saturated heterocycles. The first kappa shape index (κ1) is 16.0. The summed E-state index contributed by atoms with van der Waals surface area (Å²) < 4.78 is 12.8. The maximum Gasteiger partial charge on any atom is 0.223 e. The summed E-state index contributed by atoms with van der Waals surface area (Å²) in [5.41, 5.74) is 2.44. The number of likely N-dealkylation sites (tertiary alicyclic amines) is 1. The highest BCUT2D eigenvalue weighted by Gasteiger charge is 2.24. The number of hydrogen-bond donors (Lipinski definition) is 1. The zero-order chi connectivity index (χ0) is 15.1. The van der Waals surface area contributed by atoms with Crippen LogP contribution in [0.15, 0.2) is 35.9 Å². The van der Waals surface area contributed by atoms with Crippen molar-refractivity contribution >= 4 is 17.5 Å². The van der Waals surface area contributed by atoms with E-state index in [2.05, 4.69) is 10.2 Å². The molecule has 1 N–H and O–H groups in total. The quantitative estimate of drug-likeness (QED) is 0.907. The van der Waals surface area contributed by atoms with E-state index < -0.39 is 0 Å². The number of carbonyl (C=O) groups excluding carboxylic acids is 1. The van der Waals surface area contributed by atoms with Gasteiger partial charge in [0.25, 0.3) is 0 Å². The van der Waals surface area contributed by atoms with Crippen molar-refractivity contribution in [3.63, 3.8) is 0 Å². The molecule has 21 heavy (non-hydrogen) atoms. The van der Waals surface area contributed by atoms with Gasteiger partial charge in [0, 0.05) is 24.5 Å². The highest BCUT2D eigenvalue weighted by Crippen LogP contribution is 2.17. The highest BCUT2D eigenvalue weighted by molar-refractivity contribution is 6.25. The molecule has 1 aromatic rings. The highest BCUT2D eigenvalue weighted by atomic mass is 35.5. The van der Waals surface area contributed by atoms with Gasteiger partial charge < -0.3 is 5.32 Å². The lowest BCUT2D eigenvalue weighted by molar-refractivity contribution is -0.126. The Morgan fingerprint density at radius 2 is 2.00 bits per heavy atom. The van der Waals surface area contributed by atoms with Gasteiger partial charge in [-0.2, -0.15) is 0 Å². The molecule has 0 aliphatic carbocycles. The third kappa shape index (κ3) is 5.14. The van der Waals surface area contributed by atoms with Gasteiger partial charge in [0.15, 0.2) is 0 Å². The molecule has 0 radical (unpaired) electrons. The summed E-state index contributed by atoms with van der Waals surface area (Å²) >= 11 is 5.51. The molecule has 114 valence electrons. The van der Waals surface area contributed by atoms with Gasteiger partial charge >= 0.3 is 0 Å². The maximum absolute atomic E-state index is 12.8. The molecule has 1 amide bonds. The molecular weight excluding hydrogens is 291 g/mol. The molecule has 5 heteroatoms. The molecule has 0 unspecified atom stereocenters. The van der Waals surface area contributed by atoms with E-state index in [9.17, 15) is 9.18 Å². The first-order valence-corrected chi connectivity index (χ1v) is 7.62. The van der Waals surface area contributed by atoms with Crippen molar-refractivity contribution in [2.45, 2.75) is 19.4 Å². The molecule has 0 spiro atoms. The van der Waals surface area contributed by atoms with E-state index in [1.807, 2.05) is 6.08 Å². The van der Waals surface area contributed by atoms with E-state index >= 15 is 0 Å². The van der Waals surface area contributed by atoms with Gasteiger partial charge in [-0.1, -0.05) is 29.8 Å². The second kappa shape index (κ2) is 8.15. The molecule has 0 bridgehead atoms. The first-order valence-electron chi connectivity index (χ1n) is 7.19. The van der Waals surface area contributed by atoms with E-state index in [1.165, 1.54) is 17.7 Å². The number of carbonyl (C=O) groups is 1. The summed E-state index contributed by atoms with van der Waals surface area (Å²) in [6, 6.07) is 6.20. The van der Waals surface area contributed by atoms with Crippen molar-refractivity contribution in [2.75, 3.05) is 19.6 Å². The summed E-state index contributed by atoms with van der Waals surface area (Å²) in [6.07, 6.45) is 3.65. The zero-order valence-corrected chi connectivity index (χ0v) is 12.7.